The van der Waals surface area contributed by atoms with Gasteiger partial charge >= 0.3 is 0 Å². The Morgan fingerprint density at radius 3 is 2.75 bits per heavy atom. The van der Waals surface area contributed by atoms with Crippen LogP contribution in [-0.4, -0.2) is 36.6 Å². The van der Waals surface area contributed by atoms with E-state index in [0.29, 0.717) is 0 Å². The fourth-order valence-electron chi connectivity index (χ4n) is 3.78. The molecule has 3 unspecified atom stereocenters. The van der Waals surface area contributed by atoms with Gasteiger partial charge in [0.25, 0.3) is 0 Å². The monoisotopic (exact) mass is 224 g/mol. The van der Waals surface area contributed by atoms with E-state index < -0.39 is 0 Å². The van der Waals surface area contributed by atoms with Crippen LogP contribution in [0.4, 0.5) is 0 Å². The maximum absolute atomic E-state index is 3.53. The first-order valence-electron chi connectivity index (χ1n) is 7.29. The standard InChI is InChI=1S/C14H28N2/c1-3-7-12-8-4-5-11-16(12)14-10-6-9-13(14)15-2/h12-15H,3-11H2,1-2H3. The summed E-state index contributed by atoms with van der Waals surface area (Å²) in [6.45, 7) is 3.69. The van der Waals surface area contributed by atoms with Crippen LogP contribution in [0.15, 0.2) is 0 Å². The zero-order valence-corrected chi connectivity index (χ0v) is 11.0. The average Bonchev–Trinajstić information content (AvgIpc) is 2.78. The van der Waals surface area contributed by atoms with E-state index in [2.05, 4.69) is 24.2 Å². The van der Waals surface area contributed by atoms with E-state index in [1.807, 2.05) is 0 Å². The minimum atomic E-state index is 0.762. The maximum Gasteiger partial charge on any atom is 0.0252 e. The first-order valence-corrected chi connectivity index (χ1v) is 7.29. The lowest BCUT2D eigenvalue weighted by Crippen LogP contribution is -2.52. The quantitative estimate of drug-likeness (QED) is 0.790. The SMILES string of the molecule is CCCC1CCCCN1C1CCCC1NC. The second-order valence-corrected chi connectivity index (χ2v) is 5.57. The van der Waals surface area contributed by atoms with Crippen molar-refractivity contribution in [3.63, 3.8) is 0 Å². The molecule has 0 aromatic carbocycles. The highest BCUT2D eigenvalue weighted by Crippen LogP contribution is 2.31. The van der Waals surface area contributed by atoms with Gasteiger partial charge in [-0.15, -0.1) is 0 Å². The molecule has 2 rings (SSSR count). The Hall–Kier alpha value is -0.0800. The van der Waals surface area contributed by atoms with Crippen LogP contribution < -0.4 is 5.32 Å². The molecule has 3 atom stereocenters. The summed E-state index contributed by atoms with van der Waals surface area (Å²) in [6.07, 6.45) is 11.3. The van der Waals surface area contributed by atoms with Gasteiger partial charge in [-0.25, -0.2) is 0 Å². The summed E-state index contributed by atoms with van der Waals surface area (Å²) in [4.78, 5) is 2.85. The molecule has 1 saturated heterocycles. The van der Waals surface area contributed by atoms with Gasteiger partial charge in [0.05, 0.1) is 0 Å². The van der Waals surface area contributed by atoms with E-state index >= 15 is 0 Å². The summed E-state index contributed by atoms with van der Waals surface area (Å²) in [5.74, 6) is 0. The summed E-state index contributed by atoms with van der Waals surface area (Å²) in [5.41, 5.74) is 0. The van der Waals surface area contributed by atoms with E-state index in [4.69, 9.17) is 0 Å². The lowest BCUT2D eigenvalue weighted by molar-refractivity contribution is 0.0780. The first-order chi connectivity index (χ1) is 7.86. The van der Waals surface area contributed by atoms with Gasteiger partial charge in [-0.2, -0.15) is 0 Å². The van der Waals surface area contributed by atoms with Crippen LogP contribution in [0.25, 0.3) is 0 Å². The molecular formula is C14H28N2. The summed E-state index contributed by atoms with van der Waals surface area (Å²) in [5, 5.41) is 3.53. The molecule has 0 bridgehead atoms. The number of nitrogens with one attached hydrogen (secondary N) is 1. The number of hydrogen-bond acceptors (Lipinski definition) is 2. The van der Waals surface area contributed by atoms with E-state index in [1.165, 1.54) is 57.9 Å². The molecule has 0 aromatic heterocycles. The molecular weight excluding hydrogens is 196 g/mol. The van der Waals surface area contributed by atoms with Crippen molar-refractivity contribution in [1.82, 2.24) is 10.2 Å². The number of piperidine rings is 1. The van der Waals surface area contributed by atoms with Crippen molar-refractivity contribution < 1.29 is 0 Å². The summed E-state index contributed by atoms with van der Waals surface area (Å²) in [7, 11) is 2.14. The molecule has 2 fully saturated rings. The van der Waals surface area contributed by atoms with Gasteiger partial charge in [0.2, 0.25) is 0 Å². The van der Waals surface area contributed by atoms with Gasteiger partial charge in [-0.3, -0.25) is 4.90 Å². The molecule has 0 aromatic rings. The van der Waals surface area contributed by atoms with Gasteiger partial charge in [-0.05, 0) is 45.7 Å². The Labute approximate surface area is 101 Å². The first kappa shape index (κ1) is 12.4. The third-order valence-electron chi connectivity index (χ3n) is 4.57. The Morgan fingerprint density at radius 2 is 2.00 bits per heavy atom. The lowest BCUT2D eigenvalue weighted by atomic mass is 9.95. The second kappa shape index (κ2) is 6.02. The Morgan fingerprint density at radius 1 is 1.12 bits per heavy atom. The normalized spacial score (nSPS) is 36.8. The van der Waals surface area contributed by atoms with Crippen molar-refractivity contribution in [3.8, 4) is 0 Å². The number of rotatable bonds is 4. The van der Waals surface area contributed by atoms with Crippen molar-refractivity contribution in [3.05, 3.63) is 0 Å². The van der Waals surface area contributed by atoms with Crippen LogP contribution in [0.2, 0.25) is 0 Å². The second-order valence-electron chi connectivity index (χ2n) is 5.57. The highest BCUT2D eigenvalue weighted by Gasteiger charge is 2.35. The van der Waals surface area contributed by atoms with Crippen molar-refractivity contribution in [2.24, 2.45) is 0 Å². The molecule has 16 heavy (non-hydrogen) atoms. The van der Waals surface area contributed by atoms with Crippen LogP contribution in [0, 0.1) is 0 Å². The lowest BCUT2D eigenvalue weighted by Gasteiger charge is -2.42. The Bertz CT molecular complexity index is 203. The van der Waals surface area contributed by atoms with Crippen LogP contribution in [-0.2, 0) is 0 Å². The third-order valence-corrected chi connectivity index (χ3v) is 4.57. The average molecular weight is 224 g/mol. The van der Waals surface area contributed by atoms with Gasteiger partial charge in [0.1, 0.15) is 0 Å². The fourth-order valence-corrected chi connectivity index (χ4v) is 3.78. The Balaban J connectivity index is 1.98. The van der Waals surface area contributed by atoms with Crippen LogP contribution in [0.5, 0.6) is 0 Å². The predicted molar refractivity (Wildman–Crippen MR) is 69.7 cm³/mol. The van der Waals surface area contributed by atoms with E-state index in [9.17, 15) is 0 Å². The molecule has 94 valence electrons. The zero-order chi connectivity index (χ0) is 11.4. The van der Waals surface area contributed by atoms with Crippen molar-refractivity contribution in [1.29, 1.82) is 0 Å². The topological polar surface area (TPSA) is 15.3 Å². The molecule has 1 aliphatic carbocycles. The minimum Gasteiger partial charge on any atom is -0.315 e. The summed E-state index contributed by atoms with van der Waals surface area (Å²) >= 11 is 0. The molecule has 2 heteroatoms. The van der Waals surface area contributed by atoms with E-state index in [1.54, 1.807) is 0 Å². The minimum absolute atomic E-state index is 0.762. The molecule has 2 nitrogen and oxygen atoms in total. The van der Waals surface area contributed by atoms with Crippen molar-refractivity contribution >= 4 is 0 Å². The Kier molecular flexibility index (Phi) is 4.66. The zero-order valence-electron chi connectivity index (χ0n) is 11.0. The predicted octanol–water partition coefficient (Wildman–Crippen LogP) is 2.78. The number of likely N-dealkylation sites (tertiary alicyclic amines) is 1. The summed E-state index contributed by atoms with van der Waals surface area (Å²) in [6, 6.07) is 2.48. The smallest absolute Gasteiger partial charge is 0.0252 e. The number of nitrogens with zero attached hydrogens (tertiary/aromatic N) is 1. The molecule has 0 spiro atoms. The largest absolute Gasteiger partial charge is 0.315 e. The summed E-state index contributed by atoms with van der Waals surface area (Å²) < 4.78 is 0. The van der Waals surface area contributed by atoms with Crippen LogP contribution >= 0.6 is 0 Å². The molecule has 0 amide bonds. The molecule has 1 aliphatic heterocycles. The molecule has 1 saturated carbocycles. The highest BCUT2D eigenvalue weighted by atomic mass is 15.2. The van der Waals surface area contributed by atoms with Gasteiger partial charge in [0, 0.05) is 18.1 Å². The van der Waals surface area contributed by atoms with Crippen molar-refractivity contribution in [2.75, 3.05) is 13.6 Å². The number of hydrogen-bond donors (Lipinski definition) is 1. The van der Waals surface area contributed by atoms with Gasteiger partial charge in [0.15, 0.2) is 0 Å². The molecule has 1 heterocycles. The fraction of sp³-hybridized carbons (Fsp3) is 1.00. The molecule has 0 radical (unpaired) electrons. The van der Waals surface area contributed by atoms with Crippen LogP contribution in [0.1, 0.15) is 58.3 Å². The molecule has 2 aliphatic rings. The van der Waals surface area contributed by atoms with Crippen LogP contribution in [0.3, 0.4) is 0 Å². The van der Waals surface area contributed by atoms with Gasteiger partial charge in [-0.1, -0.05) is 26.2 Å². The van der Waals surface area contributed by atoms with Gasteiger partial charge < -0.3 is 5.32 Å². The van der Waals surface area contributed by atoms with Crippen molar-refractivity contribution in [2.45, 2.75) is 76.4 Å². The third kappa shape index (κ3) is 2.60. The van der Waals surface area contributed by atoms with E-state index in [-0.39, 0.29) is 0 Å². The highest BCUT2D eigenvalue weighted by molar-refractivity contribution is 4.93. The molecule has 1 N–H and O–H groups in total. The van der Waals surface area contributed by atoms with E-state index in [0.717, 1.165) is 18.1 Å². The maximum atomic E-state index is 3.53. The number of likely N-dealkylation sites (N-methyl/N-ethyl adjacent to an activating group) is 1.